The van der Waals surface area contributed by atoms with Crippen LogP contribution in [0.25, 0.3) is 0 Å². The van der Waals surface area contributed by atoms with E-state index < -0.39 is 0 Å². The van der Waals surface area contributed by atoms with Crippen LogP contribution in [-0.2, 0) is 12.8 Å². The first-order valence-corrected chi connectivity index (χ1v) is 6.63. The first kappa shape index (κ1) is 10.9. The molecule has 4 rings (SSSR count). The molecular formula is C16H15NO2. The maximum Gasteiger partial charge on any atom is 0.157 e. The fraction of sp³-hybridized carbons (Fsp3) is 0.250. The number of phenolic OH excluding ortho intramolecular Hbond substituents is 2. The van der Waals surface area contributed by atoms with Crippen LogP contribution in [0, 0.1) is 0 Å². The molecule has 19 heavy (non-hydrogen) atoms. The number of hydrogen-bond donors (Lipinski definition) is 3. The number of hydrogen-bond acceptors (Lipinski definition) is 3. The fourth-order valence-electron chi connectivity index (χ4n) is 3.39. The second-order valence-electron chi connectivity index (χ2n) is 5.34. The Balaban J connectivity index is 1.97. The van der Waals surface area contributed by atoms with Gasteiger partial charge in [-0.2, -0.15) is 0 Å². The summed E-state index contributed by atoms with van der Waals surface area (Å²) in [6.07, 6.45) is 1.88. The molecular weight excluding hydrogens is 238 g/mol. The summed E-state index contributed by atoms with van der Waals surface area (Å²) in [5.74, 6) is -0.0683. The summed E-state index contributed by atoms with van der Waals surface area (Å²) >= 11 is 0. The highest BCUT2D eigenvalue weighted by Crippen LogP contribution is 2.42. The van der Waals surface area contributed by atoms with E-state index in [1.54, 1.807) is 12.1 Å². The van der Waals surface area contributed by atoms with Crippen molar-refractivity contribution in [2.24, 2.45) is 0 Å². The average Bonchev–Trinajstić information content (AvgIpc) is 2.42. The van der Waals surface area contributed by atoms with Gasteiger partial charge in [-0.05, 0) is 52.8 Å². The van der Waals surface area contributed by atoms with E-state index in [0.29, 0.717) is 0 Å². The third kappa shape index (κ3) is 1.48. The lowest BCUT2D eigenvalue weighted by Gasteiger charge is -2.34. The van der Waals surface area contributed by atoms with Crippen molar-refractivity contribution in [2.45, 2.75) is 18.9 Å². The number of benzene rings is 2. The summed E-state index contributed by atoms with van der Waals surface area (Å²) in [7, 11) is 0. The summed E-state index contributed by atoms with van der Waals surface area (Å²) in [6, 6.07) is 10.0. The minimum atomic E-state index is -0.0351. The Kier molecular flexibility index (Phi) is 2.15. The molecule has 0 bridgehead atoms. The van der Waals surface area contributed by atoms with Crippen LogP contribution in [0.3, 0.4) is 0 Å². The zero-order chi connectivity index (χ0) is 13.0. The van der Waals surface area contributed by atoms with Crippen molar-refractivity contribution in [3.05, 3.63) is 58.1 Å². The molecule has 1 heterocycles. The van der Waals surface area contributed by atoms with Gasteiger partial charge < -0.3 is 15.5 Å². The minimum absolute atomic E-state index is 0.0332. The van der Waals surface area contributed by atoms with Crippen LogP contribution in [0.1, 0.15) is 33.9 Å². The van der Waals surface area contributed by atoms with Crippen LogP contribution in [0.4, 0.5) is 0 Å². The van der Waals surface area contributed by atoms with Crippen LogP contribution in [-0.4, -0.2) is 16.8 Å². The Labute approximate surface area is 111 Å². The predicted molar refractivity (Wildman–Crippen MR) is 72.6 cm³/mol. The molecule has 0 fully saturated rings. The van der Waals surface area contributed by atoms with E-state index in [-0.39, 0.29) is 17.5 Å². The molecule has 1 aliphatic carbocycles. The molecule has 0 spiro atoms. The van der Waals surface area contributed by atoms with Crippen LogP contribution in [0.15, 0.2) is 30.3 Å². The van der Waals surface area contributed by atoms with Crippen LogP contribution < -0.4 is 5.32 Å². The van der Waals surface area contributed by atoms with Gasteiger partial charge >= 0.3 is 0 Å². The molecule has 1 unspecified atom stereocenters. The van der Waals surface area contributed by atoms with Crippen molar-refractivity contribution < 1.29 is 10.2 Å². The van der Waals surface area contributed by atoms with Crippen molar-refractivity contribution in [2.75, 3.05) is 6.54 Å². The van der Waals surface area contributed by atoms with E-state index in [1.807, 2.05) is 0 Å². The van der Waals surface area contributed by atoms with Crippen molar-refractivity contribution in [3.8, 4) is 11.5 Å². The molecule has 0 saturated carbocycles. The number of rotatable bonds is 0. The zero-order valence-electron chi connectivity index (χ0n) is 10.5. The van der Waals surface area contributed by atoms with Gasteiger partial charge in [0.1, 0.15) is 0 Å². The van der Waals surface area contributed by atoms with Crippen LogP contribution in [0.5, 0.6) is 11.5 Å². The Hall–Kier alpha value is -2.00. The third-order valence-corrected chi connectivity index (χ3v) is 4.25. The lowest BCUT2D eigenvalue weighted by molar-refractivity contribution is 0.401. The smallest absolute Gasteiger partial charge is 0.157 e. The second kappa shape index (κ2) is 3.75. The lowest BCUT2D eigenvalue weighted by Crippen LogP contribution is -2.34. The van der Waals surface area contributed by atoms with Gasteiger partial charge in [0.25, 0.3) is 0 Å². The summed E-state index contributed by atoms with van der Waals surface area (Å²) in [6.45, 7) is 0.947. The molecule has 0 aromatic heterocycles. The molecule has 0 radical (unpaired) electrons. The Morgan fingerprint density at radius 1 is 1.00 bits per heavy atom. The van der Waals surface area contributed by atoms with Gasteiger partial charge in [-0.3, -0.25) is 0 Å². The summed E-state index contributed by atoms with van der Waals surface area (Å²) < 4.78 is 0. The predicted octanol–water partition coefficient (Wildman–Crippen LogP) is 2.24. The molecule has 0 saturated heterocycles. The summed E-state index contributed by atoms with van der Waals surface area (Å²) in [4.78, 5) is 0. The quantitative estimate of drug-likeness (QED) is 0.631. The Morgan fingerprint density at radius 2 is 1.79 bits per heavy atom. The van der Waals surface area contributed by atoms with Crippen molar-refractivity contribution in [1.29, 1.82) is 0 Å². The molecule has 0 amide bonds. The molecule has 2 aliphatic rings. The second-order valence-corrected chi connectivity index (χ2v) is 5.34. The third-order valence-electron chi connectivity index (χ3n) is 4.25. The van der Waals surface area contributed by atoms with Gasteiger partial charge in [0.2, 0.25) is 0 Å². The number of nitrogens with one attached hydrogen (secondary N) is 1. The lowest BCUT2D eigenvalue weighted by atomic mass is 9.78. The van der Waals surface area contributed by atoms with Crippen molar-refractivity contribution in [1.82, 2.24) is 5.32 Å². The molecule has 1 atom stereocenters. The van der Waals surface area contributed by atoms with Crippen LogP contribution >= 0.6 is 0 Å². The summed E-state index contributed by atoms with van der Waals surface area (Å²) in [5, 5.41) is 23.0. The molecule has 3 nitrogen and oxygen atoms in total. The van der Waals surface area contributed by atoms with Crippen LogP contribution in [0.2, 0.25) is 0 Å². The van der Waals surface area contributed by atoms with Crippen molar-refractivity contribution in [3.63, 3.8) is 0 Å². The molecule has 1 aliphatic heterocycles. The maximum atomic E-state index is 9.75. The molecule has 2 aromatic carbocycles. The highest BCUT2D eigenvalue weighted by Gasteiger charge is 2.30. The van der Waals surface area contributed by atoms with E-state index >= 15 is 0 Å². The number of aromatic hydroxyl groups is 2. The standard InChI is InChI=1S/C16H15NO2/c18-13-7-11-6-10-3-1-2-9-4-5-17-16(15(9)10)12(11)8-14(13)19/h1-3,7-8,16-19H,4-6H2. The first-order chi connectivity index (χ1) is 9.24. The zero-order valence-corrected chi connectivity index (χ0v) is 10.5. The average molecular weight is 253 g/mol. The topological polar surface area (TPSA) is 52.5 Å². The molecule has 2 aromatic rings. The first-order valence-electron chi connectivity index (χ1n) is 6.63. The van der Waals surface area contributed by atoms with Crippen molar-refractivity contribution >= 4 is 0 Å². The van der Waals surface area contributed by atoms with Gasteiger partial charge in [-0.1, -0.05) is 18.2 Å². The van der Waals surface area contributed by atoms with E-state index in [0.717, 1.165) is 30.5 Å². The largest absolute Gasteiger partial charge is 0.504 e. The Bertz CT molecular complexity index is 679. The normalized spacial score (nSPS) is 19.7. The molecule has 96 valence electrons. The summed E-state index contributed by atoms with van der Waals surface area (Å²) in [5.41, 5.74) is 6.28. The fourth-order valence-corrected chi connectivity index (χ4v) is 3.39. The van der Waals surface area contributed by atoms with E-state index in [4.69, 9.17) is 0 Å². The highest BCUT2D eigenvalue weighted by molar-refractivity contribution is 5.57. The maximum absolute atomic E-state index is 9.75. The van der Waals surface area contributed by atoms with E-state index in [9.17, 15) is 10.2 Å². The minimum Gasteiger partial charge on any atom is -0.504 e. The molecule has 3 heteroatoms. The SMILES string of the molecule is Oc1cc2c(cc1O)C1NCCc3cccc(c31)C2. The monoisotopic (exact) mass is 253 g/mol. The van der Waals surface area contributed by atoms with Gasteiger partial charge in [0, 0.05) is 6.54 Å². The molecule has 3 N–H and O–H groups in total. The van der Waals surface area contributed by atoms with Gasteiger partial charge in [-0.25, -0.2) is 0 Å². The number of fused-ring (bicyclic) bond motifs is 2. The highest BCUT2D eigenvalue weighted by atomic mass is 16.3. The van der Waals surface area contributed by atoms with Gasteiger partial charge in [0.15, 0.2) is 11.5 Å². The van der Waals surface area contributed by atoms with Gasteiger partial charge in [-0.15, -0.1) is 0 Å². The van der Waals surface area contributed by atoms with Gasteiger partial charge in [0.05, 0.1) is 6.04 Å². The number of phenols is 2. The Morgan fingerprint density at radius 3 is 2.68 bits per heavy atom. The van der Waals surface area contributed by atoms with E-state index in [1.165, 1.54) is 16.7 Å². The van der Waals surface area contributed by atoms with E-state index in [2.05, 4.69) is 23.5 Å².